The summed E-state index contributed by atoms with van der Waals surface area (Å²) in [6.45, 7) is 10.4. The number of ketones is 1. The zero-order valence-electron chi connectivity index (χ0n) is 48.0. The lowest BCUT2D eigenvalue weighted by Crippen LogP contribution is -2.53. The molecule has 3 aromatic carbocycles. The number of nitrogens with zero attached hydrogens (tertiary/aromatic N) is 5. The van der Waals surface area contributed by atoms with Crippen molar-refractivity contribution in [2.75, 3.05) is 78.2 Å². The number of pyridine rings is 1. The zero-order valence-corrected chi connectivity index (χ0v) is 48.8. The maximum absolute atomic E-state index is 14.2. The number of H-pyrrole nitrogens is 1. The highest BCUT2D eigenvalue weighted by Crippen LogP contribution is 2.38. The van der Waals surface area contributed by atoms with Crippen LogP contribution in [0.5, 0.6) is 11.5 Å². The number of thiazole rings is 1. The van der Waals surface area contributed by atoms with Gasteiger partial charge in [-0.3, -0.25) is 24.5 Å². The topological polar surface area (TPSA) is 219 Å². The molecule has 2 aliphatic heterocycles. The van der Waals surface area contributed by atoms with E-state index < -0.39 is 5.54 Å². The van der Waals surface area contributed by atoms with Crippen molar-refractivity contribution in [2.24, 2.45) is 5.92 Å². The molecule has 9 rings (SSSR count). The molecule has 6 N–H and O–H groups in total. The lowest BCUT2D eigenvalue weighted by atomic mass is 9.83. The molecule has 18 nitrogen and oxygen atoms in total. The molecule has 2 amide bonds. The normalized spacial score (nSPS) is 17.5. The van der Waals surface area contributed by atoms with Crippen LogP contribution in [0.2, 0.25) is 0 Å². The maximum Gasteiger partial charge on any atom is 0.251 e. The van der Waals surface area contributed by atoms with Crippen LogP contribution in [0.1, 0.15) is 151 Å². The number of aromatic amines is 1. The molecule has 1 saturated carbocycles. The Morgan fingerprint density at radius 1 is 0.780 bits per heavy atom. The van der Waals surface area contributed by atoms with Gasteiger partial charge in [-0.25, -0.2) is 9.97 Å². The number of benzene rings is 3. The number of hydrogen-bond acceptors (Lipinski definition) is 16. The van der Waals surface area contributed by atoms with Crippen LogP contribution in [0.15, 0.2) is 104 Å². The fraction of sp³-hybridized carbons (Fsp3) is 0.508. The van der Waals surface area contributed by atoms with Crippen molar-refractivity contribution in [2.45, 2.75) is 127 Å². The Balaban J connectivity index is 0.623. The summed E-state index contributed by atoms with van der Waals surface area (Å²) in [5.41, 5.74) is 3.30. The van der Waals surface area contributed by atoms with E-state index in [9.17, 15) is 14.4 Å². The van der Waals surface area contributed by atoms with Gasteiger partial charge in [0, 0.05) is 79.9 Å². The van der Waals surface area contributed by atoms with Crippen LogP contribution in [-0.4, -0.2) is 133 Å². The molecule has 82 heavy (non-hydrogen) atoms. The van der Waals surface area contributed by atoms with Gasteiger partial charge in [-0.05, 0) is 164 Å². The first-order valence-corrected chi connectivity index (χ1v) is 30.5. The van der Waals surface area contributed by atoms with Gasteiger partial charge in [0.15, 0.2) is 11.6 Å². The Kier molecular flexibility index (Phi) is 22.4. The number of nitrogens with one attached hydrogen (secondary N) is 6. The van der Waals surface area contributed by atoms with E-state index in [1.54, 1.807) is 30.7 Å². The minimum absolute atomic E-state index is 0.106. The van der Waals surface area contributed by atoms with Crippen LogP contribution in [-0.2, 0) is 19.8 Å². The summed E-state index contributed by atoms with van der Waals surface area (Å²) in [6, 6.07) is 26.2. The SMILES string of the molecule is CN[C@@H](C)CN[C@H](C(=O)N1CCC[C@H]1c1ncc(C(=O)c2cccc(OCCOCCCOCCCCCOc3cccc([C@@H](C)NC(=O)c4cccc(NC5(c6nc(-c7ccncc7)n[nH]6)CCNCC5)c4)c3)c2)s1)C1CCCCC1. The molecule has 438 valence electrons. The number of amides is 2. The van der Waals surface area contributed by atoms with Crippen LogP contribution in [0.3, 0.4) is 0 Å². The maximum atomic E-state index is 14.2. The summed E-state index contributed by atoms with van der Waals surface area (Å²) in [5, 5.41) is 25.8. The minimum atomic E-state index is -0.483. The van der Waals surface area contributed by atoms with Crippen LogP contribution < -0.4 is 36.1 Å². The van der Waals surface area contributed by atoms with Gasteiger partial charge < -0.3 is 50.4 Å². The van der Waals surface area contributed by atoms with Gasteiger partial charge >= 0.3 is 0 Å². The van der Waals surface area contributed by atoms with Crippen LogP contribution in [0.25, 0.3) is 11.4 Å². The number of carbonyl (C=O) groups is 3. The summed E-state index contributed by atoms with van der Waals surface area (Å²) < 4.78 is 23.8. The summed E-state index contributed by atoms with van der Waals surface area (Å²) in [5.74, 6) is 3.00. The molecule has 6 aromatic rings. The molecular weight excluding hydrogens is 1050 g/mol. The lowest BCUT2D eigenvalue weighted by molar-refractivity contribution is -0.136. The van der Waals surface area contributed by atoms with Crippen molar-refractivity contribution in [3.8, 4) is 22.9 Å². The summed E-state index contributed by atoms with van der Waals surface area (Å²) >= 11 is 1.40. The van der Waals surface area contributed by atoms with E-state index in [1.165, 1.54) is 30.6 Å². The number of ether oxygens (including phenoxy) is 4. The van der Waals surface area contributed by atoms with Crippen LogP contribution >= 0.6 is 11.3 Å². The number of hydrogen-bond donors (Lipinski definition) is 6. The number of likely N-dealkylation sites (tertiary alicyclic amines) is 1. The number of carbonyl (C=O) groups excluding carboxylic acids is 3. The van der Waals surface area contributed by atoms with Gasteiger partial charge in [-0.2, -0.15) is 5.10 Å². The Hall–Kier alpha value is -6.61. The molecule has 0 radical (unpaired) electrons. The average Bonchev–Trinajstić information content (AvgIpc) is 4.29. The number of aromatic nitrogens is 5. The Morgan fingerprint density at radius 2 is 1.51 bits per heavy atom. The fourth-order valence-corrected chi connectivity index (χ4v) is 12.2. The van der Waals surface area contributed by atoms with Crippen molar-refractivity contribution in [1.82, 2.24) is 51.3 Å². The fourth-order valence-electron chi connectivity index (χ4n) is 11.2. The molecule has 3 aromatic heterocycles. The van der Waals surface area contributed by atoms with E-state index in [1.807, 2.05) is 91.7 Å². The van der Waals surface area contributed by atoms with E-state index in [2.05, 4.69) is 48.7 Å². The number of rotatable bonds is 31. The Bertz CT molecular complexity index is 2950. The second kappa shape index (κ2) is 30.6. The molecule has 5 heterocycles. The van der Waals surface area contributed by atoms with E-state index in [4.69, 9.17) is 28.9 Å². The number of likely N-dealkylation sites (N-methyl/N-ethyl adjacent to an activating group) is 1. The molecule has 0 unspecified atom stereocenters. The summed E-state index contributed by atoms with van der Waals surface area (Å²) in [7, 11) is 1.95. The average molecular weight is 1140 g/mol. The second-order valence-corrected chi connectivity index (χ2v) is 23.0. The van der Waals surface area contributed by atoms with E-state index in [0.29, 0.717) is 79.7 Å². The van der Waals surface area contributed by atoms with Crippen molar-refractivity contribution >= 4 is 34.6 Å². The molecule has 4 atom stereocenters. The van der Waals surface area contributed by atoms with Gasteiger partial charge in [0.1, 0.15) is 23.1 Å². The summed E-state index contributed by atoms with van der Waals surface area (Å²) in [6.07, 6.45) is 17.8. The first kappa shape index (κ1) is 60.0. The summed E-state index contributed by atoms with van der Waals surface area (Å²) in [4.78, 5) is 57.9. The van der Waals surface area contributed by atoms with E-state index in [-0.39, 0.29) is 41.8 Å². The molecule has 0 spiro atoms. The first-order chi connectivity index (χ1) is 40.2. The predicted octanol–water partition coefficient (Wildman–Crippen LogP) is 9.60. The first-order valence-electron chi connectivity index (χ1n) is 29.7. The number of unbranched alkanes of at least 4 members (excludes halogenated alkanes) is 2. The Labute approximate surface area is 487 Å². The third kappa shape index (κ3) is 16.6. The third-order valence-corrected chi connectivity index (χ3v) is 17.1. The predicted molar refractivity (Wildman–Crippen MR) is 319 cm³/mol. The quantitative estimate of drug-likeness (QED) is 0.0176. The standard InChI is InChI=1S/C63H83N11O7S/c1-44(64-3)42-67-56(46-15-6-4-7-16-46)61(77)74-32-13-23-54(74)60-68-43-55(82-60)57(75)49-18-12-22-53(41-49)81-38-37-79-35-14-34-78-33-8-5-9-36-80-52-21-11-17-48(40-52)45(2)69-59(76)50-19-10-20-51(39-50)71-63(26-30-66-31-27-63)62-70-58(72-73-62)47-24-28-65-29-25-47/h10-12,17-22,24-25,28-29,39-41,43-46,54,56,64,66-67,71H,4-9,13-16,23,26-27,30-38,42H2,1-3H3,(H,69,76)(H,70,72,73)/t44-,45+,54-,56-/m0/s1. The van der Waals surface area contributed by atoms with Crippen molar-refractivity contribution in [3.05, 3.63) is 136 Å². The Morgan fingerprint density at radius 3 is 2.33 bits per heavy atom. The second-order valence-electron chi connectivity index (χ2n) is 22.0. The highest BCUT2D eigenvalue weighted by atomic mass is 32.1. The highest BCUT2D eigenvalue weighted by Gasteiger charge is 2.40. The molecule has 3 fully saturated rings. The smallest absolute Gasteiger partial charge is 0.251 e. The number of piperidine rings is 1. The van der Waals surface area contributed by atoms with Gasteiger partial charge in [-0.15, -0.1) is 11.3 Å². The molecule has 2 saturated heterocycles. The molecule has 19 heteroatoms. The third-order valence-electron chi connectivity index (χ3n) is 16.0. The highest BCUT2D eigenvalue weighted by molar-refractivity contribution is 7.14. The lowest BCUT2D eigenvalue weighted by Gasteiger charge is -2.37. The molecular formula is C63H83N11O7S. The van der Waals surface area contributed by atoms with Crippen LogP contribution in [0, 0.1) is 5.92 Å². The van der Waals surface area contributed by atoms with E-state index in [0.717, 1.165) is 117 Å². The van der Waals surface area contributed by atoms with Gasteiger partial charge in [0.25, 0.3) is 5.91 Å². The van der Waals surface area contributed by atoms with Crippen molar-refractivity contribution in [3.63, 3.8) is 0 Å². The largest absolute Gasteiger partial charge is 0.494 e. The zero-order chi connectivity index (χ0) is 56.9. The minimum Gasteiger partial charge on any atom is -0.494 e. The molecule has 0 bridgehead atoms. The van der Waals surface area contributed by atoms with Crippen molar-refractivity contribution in [1.29, 1.82) is 0 Å². The molecule has 1 aliphatic carbocycles. The number of anilines is 1. The van der Waals surface area contributed by atoms with Gasteiger partial charge in [0.05, 0.1) is 41.8 Å². The van der Waals surface area contributed by atoms with E-state index >= 15 is 0 Å². The monoisotopic (exact) mass is 1140 g/mol. The molecule has 3 aliphatic rings. The van der Waals surface area contributed by atoms with Crippen LogP contribution in [0.4, 0.5) is 5.69 Å². The van der Waals surface area contributed by atoms with Crippen molar-refractivity contribution < 1.29 is 33.3 Å². The van der Waals surface area contributed by atoms with Gasteiger partial charge in [0.2, 0.25) is 11.7 Å². The van der Waals surface area contributed by atoms with Gasteiger partial charge in [-0.1, -0.05) is 49.6 Å².